The molecule has 0 aliphatic heterocycles. The highest BCUT2D eigenvalue weighted by atomic mass is 32.1. The van der Waals surface area contributed by atoms with E-state index in [1.165, 1.54) is 17.8 Å². The average molecular weight is 419 g/mol. The van der Waals surface area contributed by atoms with E-state index in [1.807, 2.05) is 43.3 Å². The van der Waals surface area contributed by atoms with E-state index in [4.69, 9.17) is 15.0 Å². The zero-order valence-corrected chi connectivity index (χ0v) is 17.1. The van der Waals surface area contributed by atoms with Gasteiger partial charge in [-0.05, 0) is 31.4 Å². The molecule has 2 aromatic rings. The summed E-state index contributed by atoms with van der Waals surface area (Å²) >= 11 is 1.46. The minimum Gasteiger partial charge on any atom is -0.450 e. The van der Waals surface area contributed by atoms with E-state index in [1.54, 1.807) is 0 Å². The molecular formula is C21H26N2O5S. The Bertz CT molecular complexity index is 825. The summed E-state index contributed by atoms with van der Waals surface area (Å²) in [5.74, 6) is -0.0119. The highest BCUT2D eigenvalue weighted by Gasteiger charge is 2.23. The Morgan fingerprint density at radius 1 is 1.07 bits per heavy atom. The van der Waals surface area contributed by atoms with Gasteiger partial charge < -0.3 is 20.8 Å². The molecule has 0 spiro atoms. The predicted molar refractivity (Wildman–Crippen MR) is 113 cm³/mol. The van der Waals surface area contributed by atoms with E-state index in [2.05, 4.69) is 10.6 Å². The maximum Gasteiger partial charge on any atom is 0.503 e. The summed E-state index contributed by atoms with van der Waals surface area (Å²) in [6, 6.07) is 11.7. The van der Waals surface area contributed by atoms with Gasteiger partial charge in [0, 0.05) is 17.3 Å². The van der Waals surface area contributed by atoms with Gasteiger partial charge in [0.05, 0.1) is 5.56 Å². The van der Waals surface area contributed by atoms with Gasteiger partial charge in [-0.25, -0.2) is 4.79 Å². The standard InChI is InChI=1S/C20H24N2O2S.CH2O3/c1-14-12-17(19(24)21-13-15-8-4-2-5-9-15)20(25-14)22-18(23)16-10-6-3-7-11-16;2-1(3)4/h2,4-5,8-9,12,16H,3,6-7,10-11,13H2,1H3,(H,21,24)(H,22,23);(H2,2,3,4). The van der Waals surface area contributed by atoms with Crippen LogP contribution in [0.4, 0.5) is 9.80 Å². The first-order chi connectivity index (χ1) is 13.9. The third kappa shape index (κ3) is 7.57. The zero-order chi connectivity index (χ0) is 21.2. The van der Waals surface area contributed by atoms with Crippen molar-refractivity contribution in [2.24, 2.45) is 5.92 Å². The highest BCUT2D eigenvalue weighted by molar-refractivity contribution is 7.16. The number of anilines is 1. The van der Waals surface area contributed by atoms with Crippen molar-refractivity contribution in [1.82, 2.24) is 5.32 Å². The largest absolute Gasteiger partial charge is 0.503 e. The minimum absolute atomic E-state index is 0.0543. The Morgan fingerprint density at radius 2 is 1.69 bits per heavy atom. The van der Waals surface area contributed by atoms with Crippen LogP contribution in [0.25, 0.3) is 0 Å². The second-order valence-electron chi connectivity index (χ2n) is 6.87. The van der Waals surface area contributed by atoms with Gasteiger partial charge in [0.2, 0.25) is 5.91 Å². The lowest BCUT2D eigenvalue weighted by Crippen LogP contribution is -2.27. The van der Waals surface area contributed by atoms with Crippen molar-refractivity contribution in [2.75, 3.05) is 5.32 Å². The molecular weight excluding hydrogens is 392 g/mol. The molecule has 29 heavy (non-hydrogen) atoms. The third-order valence-corrected chi connectivity index (χ3v) is 5.57. The molecule has 4 N–H and O–H groups in total. The van der Waals surface area contributed by atoms with Crippen LogP contribution < -0.4 is 10.6 Å². The van der Waals surface area contributed by atoms with E-state index < -0.39 is 6.16 Å². The Morgan fingerprint density at radius 3 is 2.31 bits per heavy atom. The maximum absolute atomic E-state index is 12.6. The quantitative estimate of drug-likeness (QED) is 0.560. The maximum atomic E-state index is 12.6. The van der Waals surface area contributed by atoms with Crippen LogP contribution in [-0.2, 0) is 11.3 Å². The number of carbonyl (C=O) groups is 3. The van der Waals surface area contributed by atoms with E-state index in [0.29, 0.717) is 17.1 Å². The lowest BCUT2D eigenvalue weighted by Gasteiger charge is -2.20. The Hall–Kier alpha value is -2.87. The first-order valence-electron chi connectivity index (χ1n) is 9.52. The van der Waals surface area contributed by atoms with Gasteiger partial charge in [0.25, 0.3) is 5.91 Å². The second-order valence-corrected chi connectivity index (χ2v) is 8.13. The van der Waals surface area contributed by atoms with E-state index >= 15 is 0 Å². The molecule has 8 heteroatoms. The number of aryl methyl sites for hydroxylation is 1. The number of thiophene rings is 1. The van der Waals surface area contributed by atoms with Crippen molar-refractivity contribution < 1.29 is 24.6 Å². The monoisotopic (exact) mass is 418 g/mol. The first-order valence-corrected chi connectivity index (χ1v) is 10.3. The molecule has 7 nitrogen and oxygen atoms in total. The van der Waals surface area contributed by atoms with Crippen molar-refractivity contribution in [3.8, 4) is 0 Å². The average Bonchev–Trinajstić information content (AvgIpc) is 3.07. The Kier molecular flexibility index (Phi) is 8.67. The molecule has 1 saturated carbocycles. The van der Waals surface area contributed by atoms with Crippen molar-refractivity contribution in [3.63, 3.8) is 0 Å². The van der Waals surface area contributed by atoms with Crippen molar-refractivity contribution in [2.45, 2.75) is 45.6 Å². The molecule has 1 aromatic heterocycles. The van der Waals surface area contributed by atoms with Crippen LogP contribution in [0.15, 0.2) is 36.4 Å². The molecule has 0 atom stereocenters. The molecule has 1 aromatic carbocycles. The summed E-state index contributed by atoms with van der Waals surface area (Å²) in [5.41, 5.74) is 1.61. The minimum atomic E-state index is -1.83. The van der Waals surface area contributed by atoms with E-state index in [0.717, 1.165) is 36.1 Å². The van der Waals surface area contributed by atoms with Gasteiger partial charge in [-0.3, -0.25) is 9.59 Å². The topological polar surface area (TPSA) is 116 Å². The number of hydrogen-bond acceptors (Lipinski definition) is 4. The summed E-state index contributed by atoms with van der Waals surface area (Å²) in [4.78, 5) is 34.6. The molecule has 1 aliphatic carbocycles. The molecule has 1 heterocycles. The van der Waals surface area contributed by atoms with E-state index in [9.17, 15) is 9.59 Å². The van der Waals surface area contributed by atoms with Crippen LogP contribution in [0.2, 0.25) is 0 Å². The number of amides is 2. The van der Waals surface area contributed by atoms with Gasteiger partial charge in [-0.2, -0.15) is 0 Å². The van der Waals surface area contributed by atoms with Crippen molar-refractivity contribution >= 4 is 34.3 Å². The normalized spacial score (nSPS) is 13.7. The number of benzene rings is 1. The van der Waals surface area contributed by atoms with Crippen LogP contribution >= 0.6 is 11.3 Å². The van der Waals surface area contributed by atoms with Gasteiger partial charge in [0.1, 0.15) is 5.00 Å². The van der Waals surface area contributed by atoms with Gasteiger partial charge in [0.15, 0.2) is 0 Å². The highest BCUT2D eigenvalue weighted by Crippen LogP contribution is 2.30. The van der Waals surface area contributed by atoms with Crippen LogP contribution in [-0.4, -0.2) is 28.2 Å². The van der Waals surface area contributed by atoms with Crippen LogP contribution in [0.3, 0.4) is 0 Å². The molecule has 0 bridgehead atoms. The summed E-state index contributed by atoms with van der Waals surface area (Å²) in [7, 11) is 0. The molecule has 0 radical (unpaired) electrons. The van der Waals surface area contributed by atoms with E-state index in [-0.39, 0.29) is 17.7 Å². The van der Waals surface area contributed by atoms with Gasteiger partial charge in [-0.15, -0.1) is 11.3 Å². The summed E-state index contributed by atoms with van der Waals surface area (Å²) in [5, 5.41) is 20.5. The fourth-order valence-corrected chi connectivity index (χ4v) is 4.14. The SMILES string of the molecule is Cc1cc(C(=O)NCc2ccccc2)c(NC(=O)C2CCCCC2)s1.O=C(O)O. The van der Waals surface area contributed by atoms with Crippen LogP contribution in [0.1, 0.15) is 52.9 Å². The zero-order valence-electron chi connectivity index (χ0n) is 16.3. The lowest BCUT2D eigenvalue weighted by atomic mass is 9.89. The number of carboxylic acid groups (broad SMARTS) is 2. The fourth-order valence-electron chi connectivity index (χ4n) is 3.23. The van der Waals surface area contributed by atoms with Gasteiger partial charge in [-0.1, -0.05) is 49.6 Å². The first kappa shape index (κ1) is 22.4. The number of rotatable bonds is 5. The third-order valence-electron chi connectivity index (χ3n) is 4.61. The van der Waals surface area contributed by atoms with Gasteiger partial charge >= 0.3 is 6.16 Å². The second kappa shape index (κ2) is 11.2. The van der Waals surface area contributed by atoms with Crippen LogP contribution in [0, 0.1) is 12.8 Å². The molecule has 156 valence electrons. The molecule has 0 unspecified atom stereocenters. The number of nitrogens with one attached hydrogen (secondary N) is 2. The predicted octanol–water partition coefficient (Wildman–Crippen LogP) is 4.73. The number of carbonyl (C=O) groups excluding carboxylic acids is 2. The molecule has 2 amide bonds. The summed E-state index contributed by atoms with van der Waals surface area (Å²) in [6.45, 7) is 2.43. The number of hydrogen-bond donors (Lipinski definition) is 4. The lowest BCUT2D eigenvalue weighted by molar-refractivity contribution is -0.120. The van der Waals surface area contributed by atoms with Crippen LogP contribution in [0.5, 0.6) is 0 Å². The Balaban J connectivity index is 0.000000687. The molecule has 1 fully saturated rings. The Labute approximate surface area is 173 Å². The van der Waals surface area contributed by atoms with Crippen molar-refractivity contribution in [3.05, 3.63) is 52.4 Å². The fraction of sp³-hybridized carbons (Fsp3) is 0.381. The summed E-state index contributed by atoms with van der Waals surface area (Å²) < 4.78 is 0. The molecule has 1 aliphatic rings. The summed E-state index contributed by atoms with van der Waals surface area (Å²) in [6.07, 6.45) is 3.52. The van der Waals surface area contributed by atoms with Crippen molar-refractivity contribution in [1.29, 1.82) is 0 Å². The molecule has 0 saturated heterocycles. The smallest absolute Gasteiger partial charge is 0.450 e. The molecule has 3 rings (SSSR count).